The van der Waals surface area contributed by atoms with E-state index < -0.39 is 28.9 Å². The molecule has 0 spiro atoms. The first-order chi connectivity index (χ1) is 15.2. The van der Waals surface area contributed by atoms with Crippen LogP contribution in [0.4, 0.5) is 0 Å². The fourth-order valence-corrected chi connectivity index (χ4v) is 5.91. The van der Waals surface area contributed by atoms with Crippen molar-refractivity contribution in [1.82, 2.24) is 10.2 Å². The molecule has 0 aromatic heterocycles. The third kappa shape index (κ3) is 5.00. The number of nitrogens with zero attached hydrogens (tertiary/aromatic N) is 1. The predicted molar refractivity (Wildman–Crippen MR) is 123 cm³/mol. The quantitative estimate of drug-likeness (QED) is 0.426. The van der Waals surface area contributed by atoms with E-state index in [9.17, 15) is 19.2 Å². The molecule has 8 heteroatoms. The Morgan fingerprint density at radius 3 is 2.47 bits per heavy atom. The Kier molecular flexibility index (Phi) is 7.64. The zero-order valence-corrected chi connectivity index (χ0v) is 19.9. The molecule has 1 N–H and O–H groups in total. The number of ketones is 1. The van der Waals surface area contributed by atoms with Gasteiger partial charge in [-0.1, -0.05) is 50.6 Å². The van der Waals surface area contributed by atoms with Gasteiger partial charge in [0.1, 0.15) is 17.5 Å². The summed E-state index contributed by atoms with van der Waals surface area (Å²) in [5.74, 6) is -1.14. The van der Waals surface area contributed by atoms with Crippen LogP contribution in [0.25, 0.3) is 0 Å². The van der Waals surface area contributed by atoms with Gasteiger partial charge in [-0.3, -0.25) is 14.4 Å². The highest BCUT2D eigenvalue weighted by atomic mass is 32.2. The van der Waals surface area contributed by atoms with Gasteiger partial charge in [0.05, 0.1) is 6.42 Å². The number of Topliss-reactive ketones (excluding diaryl/α,β-unsaturated/α-hetero) is 1. The number of rotatable bonds is 10. The van der Waals surface area contributed by atoms with Crippen LogP contribution in [0.15, 0.2) is 30.3 Å². The van der Waals surface area contributed by atoms with Crippen LogP contribution in [0.3, 0.4) is 0 Å². The lowest BCUT2D eigenvalue weighted by molar-refractivity contribution is -0.169. The number of benzene rings is 1. The van der Waals surface area contributed by atoms with E-state index in [1.165, 1.54) is 16.7 Å². The Morgan fingerprint density at radius 1 is 1.16 bits per heavy atom. The van der Waals surface area contributed by atoms with E-state index in [1.807, 2.05) is 58.0 Å². The summed E-state index contributed by atoms with van der Waals surface area (Å²) < 4.78 is 5.04. The first-order valence-electron chi connectivity index (χ1n) is 11.3. The van der Waals surface area contributed by atoms with Crippen molar-refractivity contribution in [3.8, 4) is 0 Å². The van der Waals surface area contributed by atoms with Crippen LogP contribution in [0.1, 0.15) is 58.9 Å². The lowest BCUT2D eigenvalue weighted by Crippen LogP contribution is -2.71. The van der Waals surface area contributed by atoms with Crippen molar-refractivity contribution in [1.29, 1.82) is 0 Å². The molecule has 1 aromatic rings. The number of ether oxygens (including phenoxy) is 1. The van der Waals surface area contributed by atoms with E-state index >= 15 is 0 Å². The molecule has 2 fully saturated rings. The van der Waals surface area contributed by atoms with Crippen LogP contribution in [-0.4, -0.2) is 56.8 Å². The molecule has 4 atom stereocenters. The molecule has 2 heterocycles. The fourth-order valence-electron chi connectivity index (χ4n) is 4.29. The maximum Gasteiger partial charge on any atom is 0.331 e. The van der Waals surface area contributed by atoms with Gasteiger partial charge in [0.2, 0.25) is 11.8 Å². The minimum atomic E-state index is -0.791. The molecular formula is C24H32N2O5S. The average molecular weight is 461 g/mol. The smallest absolute Gasteiger partial charge is 0.331 e. The Labute approximate surface area is 193 Å². The lowest BCUT2D eigenvalue weighted by Gasteiger charge is -2.44. The van der Waals surface area contributed by atoms with Crippen LogP contribution >= 0.6 is 11.8 Å². The van der Waals surface area contributed by atoms with Gasteiger partial charge >= 0.3 is 5.97 Å². The van der Waals surface area contributed by atoms with Gasteiger partial charge < -0.3 is 15.0 Å². The second kappa shape index (κ2) is 10.1. The molecule has 0 bridgehead atoms. The van der Waals surface area contributed by atoms with Crippen LogP contribution in [0.5, 0.6) is 0 Å². The zero-order valence-electron chi connectivity index (χ0n) is 19.1. The number of carbonyl (C=O) groups is 4. The largest absolute Gasteiger partial charge is 0.453 e. The van der Waals surface area contributed by atoms with Gasteiger partial charge in [-0.2, -0.15) is 0 Å². The Hall–Kier alpha value is -2.35. The van der Waals surface area contributed by atoms with Crippen molar-refractivity contribution in [3.05, 3.63) is 35.9 Å². The second-order valence-electron chi connectivity index (χ2n) is 8.90. The summed E-state index contributed by atoms with van der Waals surface area (Å²) in [7, 11) is 0. The molecule has 2 aliphatic heterocycles. The highest BCUT2D eigenvalue weighted by Gasteiger charge is 2.64. The van der Waals surface area contributed by atoms with E-state index in [-0.39, 0.29) is 29.4 Å². The van der Waals surface area contributed by atoms with Gasteiger partial charge in [0.15, 0.2) is 11.9 Å². The summed E-state index contributed by atoms with van der Waals surface area (Å²) in [5, 5.41) is 2.49. The Bertz CT molecular complexity index is 872. The summed E-state index contributed by atoms with van der Waals surface area (Å²) in [5.41, 5.74) is 0.869. The number of nitrogens with one attached hydrogen (secondary N) is 1. The maximum atomic E-state index is 13.1. The number of fused-ring (bicyclic) bond motifs is 1. The SMILES string of the molecule is CCCC(=O)C(CCC)OC(=O)[C@@H]1N2C(=O)[C@@H](NC(=O)Cc3ccccc3)[C@H]2SC1(C)C. The van der Waals surface area contributed by atoms with Crippen molar-refractivity contribution >= 4 is 35.3 Å². The molecule has 2 saturated heterocycles. The topological polar surface area (TPSA) is 92.8 Å². The molecular weight excluding hydrogens is 428 g/mol. The standard InChI is InChI=1S/C24H32N2O5S/c1-5-10-16(27)17(11-6-2)31-23(30)20-24(3,4)32-22-19(21(29)26(20)22)25-18(28)14-15-12-8-7-9-13-15/h7-9,12-13,17,19-20,22H,5-6,10-11,14H2,1-4H3,(H,25,28)/t17?,19-,20+,22-/m1/s1. The summed E-state index contributed by atoms with van der Waals surface area (Å²) >= 11 is 1.48. The van der Waals surface area contributed by atoms with Gasteiger partial charge in [0, 0.05) is 11.2 Å². The van der Waals surface area contributed by atoms with Crippen molar-refractivity contribution in [3.63, 3.8) is 0 Å². The predicted octanol–water partition coefficient (Wildman–Crippen LogP) is 2.86. The van der Waals surface area contributed by atoms with Crippen molar-refractivity contribution in [2.45, 2.75) is 88.1 Å². The Morgan fingerprint density at radius 2 is 1.84 bits per heavy atom. The summed E-state index contributed by atoms with van der Waals surface area (Å²) in [6.45, 7) is 7.63. The minimum Gasteiger partial charge on any atom is -0.453 e. The number of hydrogen-bond acceptors (Lipinski definition) is 6. The molecule has 7 nitrogen and oxygen atoms in total. The molecule has 1 aromatic carbocycles. The number of β-lactam (4-membered cyclic amide) rings is 1. The molecule has 174 valence electrons. The van der Waals surface area contributed by atoms with Gasteiger partial charge in [-0.15, -0.1) is 11.8 Å². The highest BCUT2D eigenvalue weighted by Crippen LogP contribution is 2.51. The molecule has 3 rings (SSSR count). The minimum absolute atomic E-state index is 0.0799. The first kappa shape index (κ1) is 24.3. The number of amides is 2. The molecule has 1 unspecified atom stereocenters. The summed E-state index contributed by atoms with van der Waals surface area (Å²) in [4.78, 5) is 52.3. The van der Waals surface area contributed by atoms with Gasteiger partial charge in [-0.05, 0) is 32.3 Å². The molecule has 2 aliphatic rings. The van der Waals surface area contributed by atoms with Crippen molar-refractivity contribution in [2.75, 3.05) is 0 Å². The number of carbonyl (C=O) groups excluding carboxylic acids is 4. The zero-order chi connectivity index (χ0) is 23.5. The highest BCUT2D eigenvalue weighted by molar-refractivity contribution is 8.01. The van der Waals surface area contributed by atoms with Gasteiger partial charge in [0.25, 0.3) is 0 Å². The number of hydrogen-bond donors (Lipinski definition) is 1. The van der Waals surface area contributed by atoms with Gasteiger partial charge in [-0.25, -0.2) is 4.79 Å². The third-order valence-electron chi connectivity index (χ3n) is 5.85. The van der Waals surface area contributed by atoms with E-state index in [1.54, 1.807) is 0 Å². The molecule has 0 radical (unpaired) electrons. The van der Waals surface area contributed by atoms with E-state index in [0.29, 0.717) is 19.3 Å². The second-order valence-corrected chi connectivity index (χ2v) is 10.7. The van der Waals surface area contributed by atoms with E-state index in [2.05, 4.69) is 5.32 Å². The van der Waals surface area contributed by atoms with Crippen LogP contribution in [0, 0.1) is 0 Å². The van der Waals surface area contributed by atoms with E-state index in [4.69, 9.17) is 4.74 Å². The number of esters is 1. The first-order valence-corrected chi connectivity index (χ1v) is 12.1. The van der Waals surface area contributed by atoms with Crippen molar-refractivity contribution in [2.24, 2.45) is 0 Å². The summed E-state index contributed by atoms with van der Waals surface area (Å²) in [6.07, 6.45) is 1.66. The molecule has 32 heavy (non-hydrogen) atoms. The molecule has 2 amide bonds. The van der Waals surface area contributed by atoms with Crippen LogP contribution in [-0.2, 0) is 30.3 Å². The number of thioether (sulfide) groups is 1. The lowest BCUT2D eigenvalue weighted by atomic mass is 9.95. The maximum absolute atomic E-state index is 13.1. The normalized spacial score (nSPS) is 24.3. The van der Waals surface area contributed by atoms with Crippen LogP contribution < -0.4 is 5.32 Å². The monoisotopic (exact) mass is 460 g/mol. The molecule has 0 aliphatic carbocycles. The molecule has 0 saturated carbocycles. The van der Waals surface area contributed by atoms with Crippen molar-refractivity contribution < 1.29 is 23.9 Å². The van der Waals surface area contributed by atoms with E-state index in [0.717, 1.165) is 12.0 Å². The fraction of sp³-hybridized carbons (Fsp3) is 0.583. The Balaban J connectivity index is 1.66. The average Bonchev–Trinajstić information content (AvgIpc) is 3.00. The summed E-state index contributed by atoms with van der Waals surface area (Å²) in [6, 6.07) is 7.87. The third-order valence-corrected chi connectivity index (χ3v) is 7.42. The van der Waals surface area contributed by atoms with Crippen LogP contribution in [0.2, 0.25) is 0 Å².